The van der Waals surface area contributed by atoms with Crippen LogP contribution in [0.1, 0.15) is 22.7 Å². The van der Waals surface area contributed by atoms with Crippen LogP contribution in [0.2, 0.25) is 0 Å². The smallest absolute Gasteiger partial charge is 0.309 e. The Bertz CT molecular complexity index is 1290. The number of hydrogen-bond donors (Lipinski definition) is 2. The lowest BCUT2D eigenvalue weighted by molar-refractivity contribution is -0.139. The molecule has 1 aliphatic heterocycles. The molecule has 0 bridgehead atoms. The summed E-state index contributed by atoms with van der Waals surface area (Å²) >= 11 is 0. The molecule has 0 radical (unpaired) electrons. The van der Waals surface area contributed by atoms with Gasteiger partial charge in [-0.05, 0) is 59.7 Å². The van der Waals surface area contributed by atoms with Gasteiger partial charge in [0.1, 0.15) is 17.3 Å². The third kappa shape index (κ3) is 4.59. The minimum atomic E-state index is -0.941. The Balaban J connectivity index is 1.83. The summed E-state index contributed by atoms with van der Waals surface area (Å²) in [5.41, 5.74) is 1.88. The van der Waals surface area contributed by atoms with Crippen molar-refractivity contribution in [3.63, 3.8) is 0 Å². The fourth-order valence-corrected chi connectivity index (χ4v) is 3.99. The molecule has 4 rings (SSSR count). The first kappa shape index (κ1) is 23.6. The molecule has 1 heterocycles. The number of phenols is 1. The quantitative estimate of drug-likeness (QED) is 0.243. The number of hydrogen-bond acceptors (Lipinski definition) is 7. The van der Waals surface area contributed by atoms with Gasteiger partial charge in [-0.15, -0.1) is 0 Å². The lowest BCUT2D eigenvalue weighted by atomic mass is 9.95. The molecule has 3 aromatic rings. The first-order valence-electron chi connectivity index (χ1n) is 10.7. The number of methoxy groups -OCH3 is 2. The monoisotopic (exact) mass is 473 g/mol. The van der Waals surface area contributed by atoms with E-state index in [-0.39, 0.29) is 23.5 Å². The molecule has 8 heteroatoms. The van der Waals surface area contributed by atoms with E-state index >= 15 is 0 Å². The number of amides is 1. The molecule has 1 saturated heterocycles. The van der Waals surface area contributed by atoms with Gasteiger partial charge in [-0.2, -0.15) is 0 Å². The number of ketones is 1. The summed E-state index contributed by atoms with van der Waals surface area (Å²) in [6.07, 6.45) is 0.0639. The van der Waals surface area contributed by atoms with Crippen molar-refractivity contribution in [2.45, 2.75) is 12.5 Å². The highest BCUT2D eigenvalue weighted by molar-refractivity contribution is 6.51. The van der Waals surface area contributed by atoms with Gasteiger partial charge in [0.15, 0.2) is 0 Å². The van der Waals surface area contributed by atoms with Crippen LogP contribution in [-0.2, 0) is 25.5 Å². The average molecular weight is 473 g/mol. The average Bonchev–Trinajstić information content (AvgIpc) is 3.14. The van der Waals surface area contributed by atoms with Gasteiger partial charge >= 0.3 is 5.97 Å². The number of carbonyl (C=O) groups excluding carboxylic acids is 3. The molecular weight excluding hydrogens is 450 g/mol. The first-order valence-corrected chi connectivity index (χ1v) is 10.7. The molecule has 1 unspecified atom stereocenters. The van der Waals surface area contributed by atoms with E-state index in [4.69, 9.17) is 4.74 Å². The fourth-order valence-electron chi connectivity index (χ4n) is 3.99. The molecule has 35 heavy (non-hydrogen) atoms. The molecule has 0 aromatic heterocycles. The minimum Gasteiger partial charge on any atom is -0.508 e. The van der Waals surface area contributed by atoms with E-state index in [0.29, 0.717) is 28.1 Å². The molecule has 3 aromatic carbocycles. The summed E-state index contributed by atoms with van der Waals surface area (Å²) in [5.74, 6) is -1.78. The Morgan fingerprint density at radius 1 is 0.914 bits per heavy atom. The van der Waals surface area contributed by atoms with Gasteiger partial charge in [-0.25, -0.2) is 0 Å². The Hall–Kier alpha value is -4.59. The molecule has 0 aliphatic carbocycles. The molecule has 178 valence electrons. The SMILES string of the molecule is COC(=O)Cc1ccc(N2C(=O)C(=O)/C(=C(/O)c3ccc(OC)cc3)C2c2ccc(O)cc2)cc1. The molecule has 1 aliphatic rings. The summed E-state index contributed by atoms with van der Waals surface area (Å²) in [6, 6.07) is 18.2. The van der Waals surface area contributed by atoms with Gasteiger partial charge in [-0.3, -0.25) is 19.3 Å². The lowest BCUT2D eigenvalue weighted by Crippen LogP contribution is -2.29. The summed E-state index contributed by atoms with van der Waals surface area (Å²) in [7, 11) is 2.82. The highest BCUT2D eigenvalue weighted by atomic mass is 16.5. The lowest BCUT2D eigenvalue weighted by Gasteiger charge is -2.25. The van der Waals surface area contributed by atoms with E-state index < -0.39 is 23.7 Å². The van der Waals surface area contributed by atoms with E-state index in [1.54, 1.807) is 60.7 Å². The van der Waals surface area contributed by atoms with Crippen LogP contribution in [0.15, 0.2) is 78.4 Å². The number of aromatic hydroxyl groups is 1. The summed E-state index contributed by atoms with van der Waals surface area (Å²) in [5, 5.41) is 20.9. The molecule has 1 fully saturated rings. The predicted octanol–water partition coefficient (Wildman–Crippen LogP) is 3.74. The number of anilines is 1. The van der Waals surface area contributed by atoms with Gasteiger partial charge in [0, 0.05) is 11.3 Å². The van der Waals surface area contributed by atoms with Crippen molar-refractivity contribution in [2.24, 2.45) is 0 Å². The second-order valence-electron chi connectivity index (χ2n) is 7.91. The molecule has 0 saturated carbocycles. The van der Waals surface area contributed by atoms with Crippen molar-refractivity contribution in [1.29, 1.82) is 0 Å². The maximum absolute atomic E-state index is 13.2. The number of phenolic OH excluding ortho intramolecular Hbond substituents is 1. The van der Waals surface area contributed by atoms with Gasteiger partial charge in [0.2, 0.25) is 0 Å². The van der Waals surface area contributed by atoms with Crippen molar-refractivity contribution in [3.05, 3.63) is 95.1 Å². The van der Waals surface area contributed by atoms with Crippen molar-refractivity contribution >= 4 is 29.1 Å². The van der Waals surface area contributed by atoms with E-state index in [9.17, 15) is 24.6 Å². The number of Topliss-reactive ketones (excluding diaryl/α,β-unsaturated/α-hetero) is 1. The fraction of sp³-hybridized carbons (Fsp3) is 0.148. The highest BCUT2D eigenvalue weighted by Crippen LogP contribution is 2.42. The topological polar surface area (TPSA) is 113 Å². The molecule has 2 N–H and O–H groups in total. The van der Waals surface area contributed by atoms with Crippen LogP contribution in [0.25, 0.3) is 5.76 Å². The molecule has 1 amide bonds. The van der Waals surface area contributed by atoms with Crippen LogP contribution >= 0.6 is 0 Å². The van der Waals surface area contributed by atoms with Gasteiger partial charge in [0.05, 0.1) is 32.3 Å². The summed E-state index contributed by atoms with van der Waals surface area (Å²) in [6.45, 7) is 0. The normalized spacial score (nSPS) is 16.9. The molecular formula is C27H23NO7. The van der Waals surface area contributed by atoms with Gasteiger partial charge in [-0.1, -0.05) is 24.3 Å². The van der Waals surface area contributed by atoms with E-state index in [1.165, 1.54) is 31.3 Å². The Labute approximate surface area is 201 Å². The minimum absolute atomic E-state index is 0.0213. The Morgan fingerprint density at radius 2 is 1.54 bits per heavy atom. The van der Waals surface area contributed by atoms with Crippen molar-refractivity contribution in [3.8, 4) is 11.5 Å². The number of rotatable bonds is 6. The number of benzene rings is 3. The second kappa shape index (κ2) is 9.72. The zero-order valence-electron chi connectivity index (χ0n) is 19.1. The largest absolute Gasteiger partial charge is 0.508 e. The molecule has 8 nitrogen and oxygen atoms in total. The first-order chi connectivity index (χ1) is 16.8. The van der Waals surface area contributed by atoms with Crippen LogP contribution < -0.4 is 9.64 Å². The third-order valence-corrected chi connectivity index (χ3v) is 5.81. The predicted molar refractivity (Wildman–Crippen MR) is 128 cm³/mol. The van der Waals surface area contributed by atoms with Crippen LogP contribution in [0.5, 0.6) is 11.5 Å². The number of esters is 1. The van der Waals surface area contributed by atoms with Crippen molar-refractivity contribution in [2.75, 3.05) is 19.1 Å². The van der Waals surface area contributed by atoms with Crippen molar-refractivity contribution in [1.82, 2.24) is 0 Å². The maximum Gasteiger partial charge on any atom is 0.309 e. The second-order valence-corrected chi connectivity index (χ2v) is 7.91. The molecule has 1 atom stereocenters. The van der Waals surface area contributed by atoms with Crippen LogP contribution in [0, 0.1) is 0 Å². The number of nitrogens with zero attached hydrogens (tertiary/aromatic N) is 1. The van der Waals surface area contributed by atoms with E-state index in [1.807, 2.05) is 0 Å². The third-order valence-electron chi connectivity index (χ3n) is 5.81. The van der Waals surface area contributed by atoms with E-state index in [0.717, 1.165) is 0 Å². The van der Waals surface area contributed by atoms with Crippen molar-refractivity contribution < 1.29 is 34.1 Å². The molecule has 0 spiro atoms. The van der Waals surface area contributed by atoms with E-state index in [2.05, 4.69) is 4.74 Å². The number of aliphatic hydroxyl groups is 1. The van der Waals surface area contributed by atoms with Crippen LogP contribution in [-0.4, -0.2) is 42.1 Å². The van der Waals surface area contributed by atoms with Gasteiger partial charge in [0.25, 0.3) is 11.7 Å². The Kier molecular flexibility index (Phi) is 6.55. The maximum atomic E-state index is 13.2. The van der Waals surface area contributed by atoms with Crippen LogP contribution in [0.3, 0.4) is 0 Å². The van der Waals surface area contributed by atoms with Gasteiger partial charge < -0.3 is 19.7 Å². The zero-order chi connectivity index (χ0) is 25.1. The number of aliphatic hydroxyl groups excluding tert-OH is 1. The Morgan fingerprint density at radius 3 is 2.11 bits per heavy atom. The summed E-state index contributed by atoms with van der Waals surface area (Å²) in [4.78, 5) is 39.3. The summed E-state index contributed by atoms with van der Waals surface area (Å²) < 4.78 is 9.84. The standard InChI is InChI=1S/C27H23NO7/c1-34-21-13-7-18(8-14-21)25(31)23-24(17-5-11-20(29)12-6-17)28(27(33)26(23)32)19-9-3-16(4-10-19)15-22(30)35-2/h3-14,24,29,31H,15H2,1-2H3/b25-23+. The highest BCUT2D eigenvalue weighted by Gasteiger charge is 2.47. The number of carbonyl (C=O) groups is 3. The van der Waals surface area contributed by atoms with Crippen LogP contribution in [0.4, 0.5) is 5.69 Å². The number of ether oxygens (including phenoxy) is 2. The zero-order valence-corrected chi connectivity index (χ0v) is 19.1.